The van der Waals surface area contributed by atoms with Crippen molar-refractivity contribution in [3.05, 3.63) is 0 Å². The fraction of sp³-hybridized carbons (Fsp3) is 1.00. The van der Waals surface area contributed by atoms with Gasteiger partial charge < -0.3 is 10.2 Å². The summed E-state index contributed by atoms with van der Waals surface area (Å²) in [7, 11) is 3.32. The fourth-order valence-corrected chi connectivity index (χ4v) is 1.83. The number of alkyl halides is 2. The molecular weight excluding hydrogens is 186 g/mol. The van der Waals surface area contributed by atoms with Crippen LogP contribution in [0.15, 0.2) is 0 Å². The first-order valence-electron chi connectivity index (χ1n) is 5.15. The third kappa shape index (κ3) is 3.88. The molecule has 0 heterocycles. The molecule has 0 amide bonds. The first kappa shape index (κ1) is 11.9. The lowest BCUT2D eigenvalue weighted by atomic mass is 10.2. The molecule has 2 nitrogen and oxygen atoms in total. The standard InChI is InChI=1S/C10H20F2N2/c1-8-4-9(8)5-14(3)7-10(11,12)6-13-2/h8-9,13H,4-7H2,1-3H3. The zero-order chi connectivity index (χ0) is 10.8. The molecule has 2 unspecified atom stereocenters. The average molecular weight is 206 g/mol. The molecule has 1 N–H and O–H groups in total. The van der Waals surface area contributed by atoms with Crippen molar-refractivity contribution >= 4 is 0 Å². The molecule has 4 heteroatoms. The van der Waals surface area contributed by atoms with E-state index in [0.29, 0.717) is 5.92 Å². The molecule has 0 aromatic carbocycles. The topological polar surface area (TPSA) is 15.3 Å². The van der Waals surface area contributed by atoms with Crippen LogP contribution in [-0.2, 0) is 0 Å². The van der Waals surface area contributed by atoms with Gasteiger partial charge in [-0.2, -0.15) is 0 Å². The maximum atomic E-state index is 13.1. The number of nitrogens with one attached hydrogen (secondary N) is 1. The summed E-state index contributed by atoms with van der Waals surface area (Å²) in [6.45, 7) is 2.60. The fourth-order valence-electron chi connectivity index (χ4n) is 1.83. The second-order valence-electron chi connectivity index (χ2n) is 4.56. The summed E-state index contributed by atoms with van der Waals surface area (Å²) in [5, 5.41) is 2.51. The summed E-state index contributed by atoms with van der Waals surface area (Å²) in [4.78, 5) is 1.74. The number of hydrogen-bond donors (Lipinski definition) is 1. The van der Waals surface area contributed by atoms with Gasteiger partial charge in [0.1, 0.15) is 0 Å². The normalized spacial score (nSPS) is 27.0. The summed E-state index contributed by atoms with van der Waals surface area (Å²) in [5.41, 5.74) is 0. The van der Waals surface area contributed by atoms with E-state index >= 15 is 0 Å². The van der Waals surface area contributed by atoms with E-state index in [0.717, 1.165) is 12.5 Å². The largest absolute Gasteiger partial charge is 0.314 e. The van der Waals surface area contributed by atoms with E-state index in [1.165, 1.54) is 6.42 Å². The molecule has 0 aromatic rings. The van der Waals surface area contributed by atoms with Crippen LogP contribution in [0.1, 0.15) is 13.3 Å². The number of hydrogen-bond acceptors (Lipinski definition) is 2. The van der Waals surface area contributed by atoms with Crippen molar-refractivity contribution in [2.75, 3.05) is 33.7 Å². The Morgan fingerprint density at radius 3 is 2.50 bits per heavy atom. The van der Waals surface area contributed by atoms with Crippen LogP contribution < -0.4 is 5.32 Å². The first-order valence-corrected chi connectivity index (χ1v) is 5.15. The molecule has 0 aromatic heterocycles. The van der Waals surface area contributed by atoms with Crippen molar-refractivity contribution in [3.8, 4) is 0 Å². The molecule has 2 atom stereocenters. The maximum absolute atomic E-state index is 13.1. The van der Waals surface area contributed by atoms with Crippen molar-refractivity contribution < 1.29 is 8.78 Å². The lowest BCUT2D eigenvalue weighted by Crippen LogP contribution is -2.41. The number of nitrogens with zero attached hydrogens (tertiary/aromatic N) is 1. The second kappa shape index (κ2) is 4.53. The maximum Gasteiger partial charge on any atom is 0.272 e. The Hall–Kier alpha value is -0.220. The summed E-state index contributed by atoms with van der Waals surface area (Å²) >= 11 is 0. The first-order chi connectivity index (χ1) is 6.44. The van der Waals surface area contributed by atoms with Crippen LogP contribution in [0.2, 0.25) is 0 Å². The van der Waals surface area contributed by atoms with Gasteiger partial charge in [0.15, 0.2) is 0 Å². The SMILES string of the molecule is CNCC(F)(F)CN(C)CC1CC1C. The van der Waals surface area contributed by atoms with Crippen LogP contribution in [0.3, 0.4) is 0 Å². The zero-order valence-corrected chi connectivity index (χ0v) is 9.19. The molecule has 0 saturated heterocycles. The molecule has 1 rings (SSSR count). The van der Waals surface area contributed by atoms with Crippen molar-refractivity contribution in [3.63, 3.8) is 0 Å². The van der Waals surface area contributed by atoms with E-state index in [1.807, 2.05) is 0 Å². The van der Waals surface area contributed by atoms with Gasteiger partial charge in [0, 0.05) is 6.54 Å². The molecule has 0 radical (unpaired) electrons. The van der Waals surface area contributed by atoms with Gasteiger partial charge in [-0.15, -0.1) is 0 Å². The molecule has 0 spiro atoms. The van der Waals surface area contributed by atoms with Crippen molar-refractivity contribution in [1.29, 1.82) is 0 Å². The van der Waals surface area contributed by atoms with E-state index in [2.05, 4.69) is 12.2 Å². The Kier molecular flexibility index (Phi) is 3.84. The summed E-state index contributed by atoms with van der Waals surface area (Å²) < 4.78 is 26.3. The molecule has 0 aliphatic heterocycles. The van der Waals surface area contributed by atoms with E-state index in [1.54, 1.807) is 19.0 Å². The van der Waals surface area contributed by atoms with Gasteiger partial charge in [-0.05, 0) is 32.4 Å². The van der Waals surface area contributed by atoms with E-state index < -0.39 is 5.92 Å². The van der Waals surface area contributed by atoms with E-state index in [9.17, 15) is 8.78 Å². The Morgan fingerprint density at radius 2 is 2.07 bits per heavy atom. The van der Waals surface area contributed by atoms with Crippen LogP contribution in [0.5, 0.6) is 0 Å². The smallest absolute Gasteiger partial charge is 0.272 e. The highest BCUT2D eigenvalue weighted by Crippen LogP contribution is 2.38. The number of rotatable bonds is 6. The average Bonchev–Trinajstić information content (AvgIpc) is 2.63. The van der Waals surface area contributed by atoms with Crippen molar-refractivity contribution in [1.82, 2.24) is 10.2 Å². The molecular formula is C10H20F2N2. The monoisotopic (exact) mass is 206 g/mol. The van der Waals surface area contributed by atoms with Gasteiger partial charge in [-0.3, -0.25) is 0 Å². The molecule has 0 bridgehead atoms. The predicted molar refractivity (Wildman–Crippen MR) is 53.6 cm³/mol. The summed E-state index contributed by atoms with van der Waals surface area (Å²) in [6.07, 6.45) is 1.20. The minimum Gasteiger partial charge on any atom is -0.314 e. The molecule has 1 aliphatic rings. The number of halogens is 2. The van der Waals surface area contributed by atoms with Crippen LogP contribution in [0, 0.1) is 11.8 Å². The Morgan fingerprint density at radius 1 is 1.50 bits per heavy atom. The Bertz CT molecular complexity index is 185. The van der Waals surface area contributed by atoms with E-state index in [4.69, 9.17) is 0 Å². The van der Waals surface area contributed by atoms with Gasteiger partial charge in [-0.1, -0.05) is 6.92 Å². The minimum absolute atomic E-state index is 0.142. The quantitative estimate of drug-likeness (QED) is 0.707. The molecule has 1 fully saturated rings. The molecule has 14 heavy (non-hydrogen) atoms. The van der Waals surface area contributed by atoms with E-state index in [-0.39, 0.29) is 13.1 Å². The molecule has 1 aliphatic carbocycles. The van der Waals surface area contributed by atoms with Gasteiger partial charge >= 0.3 is 0 Å². The Labute approximate surface area is 84.7 Å². The third-order valence-electron chi connectivity index (χ3n) is 2.76. The van der Waals surface area contributed by atoms with Crippen molar-refractivity contribution in [2.45, 2.75) is 19.3 Å². The van der Waals surface area contributed by atoms with Gasteiger partial charge in [0.25, 0.3) is 5.92 Å². The molecule has 84 valence electrons. The molecule has 1 saturated carbocycles. The zero-order valence-electron chi connectivity index (χ0n) is 9.19. The summed E-state index contributed by atoms with van der Waals surface area (Å²) in [6, 6.07) is 0. The highest BCUT2D eigenvalue weighted by molar-refractivity contribution is 4.85. The van der Waals surface area contributed by atoms with Crippen LogP contribution >= 0.6 is 0 Å². The Balaban J connectivity index is 2.21. The highest BCUT2D eigenvalue weighted by atomic mass is 19.3. The minimum atomic E-state index is -2.61. The lowest BCUT2D eigenvalue weighted by molar-refractivity contribution is -0.0243. The highest BCUT2D eigenvalue weighted by Gasteiger charge is 2.36. The third-order valence-corrected chi connectivity index (χ3v) is 2.76. The predicted octanol–water partition coefficient (Wildman–Crippen LogP) is 1.43. The summed E-state index contributed by atoms with van der Waals surface area (Å²) in [5.74, 6) is -1.23. The van der Waals surface area contributed by atoms with Crippen LogP contribution in [0.25, 0.3) is 0 Å². The van der Waals surface area contributed by atoms with Crippen LogP contribution in [-0.4, -0.2) is 44.6 Å². The lowest BCUT2D eigenvalue weighted by Gasteiger charge is -2.23. The van der Waals surface area contributed by atoms with Gasteiger partial charge in [0.2, 0.25) is 0 Å². The van der Waals surface area contributed by atoms with Gasteiger partial charge in [-0.25, -0.2) is 8.78 Å². The van der Waals surface area contributed by atoms with Gasteiger partial charge in [0.05, 0.1) is 13.1 Å². The second-order valence-corrected chi connectivity index (χ2v) is 4.56. The van der Waals surface area contributed by atoms with Crippen LogP contribution in [0.4, 0.5) is 8.78 Å². The van der Waals surface area contributed by atoms with Crippen molar-refractivity contribution in [2.24, 2.45) is 11.8 Å².